The molecule has 0 saturated heterocycles. The van der Waals surface area contributed by atoms with Crippen molar-refractivity contribution in [3.8, 4) is 0 Å². The minimum Gasteiger partial charge on any atom is -0.399 e. The van der Waals surface area contributed by atoms with Crippen LogP contribution in [0.5, 0.6) is 0 Å². The van der Waals surface area contributed by atoms with Gasteiger partial charge in [0.25, 0.3) is 0 Å². The van der Waals surface area contributed by atoms with E-state index in [1.807, 2.05) is 36.5 Å². The number of benzene rings is 2. The fourth-order valence-electron chi connectivity index (χ4n) is 2.19. The van der Waals surface area contributed by atoms with Crippen molar-refractivity contribution < 1.29 is 0 Å². The fourth-order valence-corrected chi connectivity index (χ4v) is 2.66. The number of aromatic nitrogens is 1. The summed E-state index contributed by atoms with van der Waals surface area (Å²) in [5, 5.41) is 2.47. The molecule has 3 rings (SSSR count). The smallest absolute Gasteiger partial charge is 0.0490 e. The molecule has 0 aliphatic carbocycles. The lowest BCUT2D eigenvalue weighted by Gasteiger charge is -2.08. The summed E-state index contributed by atoms with van der Waals surface area (Å²) in [4.78, 5) is 0. The van der Waals surface area contributed by atoms with Crippen LogP contribution < -0.4 is 5.73 Å². The number of hydrogen-bond donors (Lipinski definition) is 1. The Labute approximate surface area is 121 Å². The number of fused-ring (bicyclic) bond motifs is 1. The Bertz CT molecular complexity index is 747. The average molecular weight is 291 g/mol. The van der Waals surface area contributed by atoms with Gasteiger partial charge in [0.2, 0.25) is 0 Å². The molecule has 0 aliphatic heterocycles. The molecule has 0 bridgehead atoms. The summed E-state index contributed by atoms with van der Waals surface area (Å²) in [7, 11) is 0. The molecule has 96 valence electrons. The van der Waals surface area contributed by atoms with Gasteiger partial charge < -0.3 is 10.3 Å². The number of rotatable bonds is 2. The van der Waals surface area contributed by atoms with Crippen LogP contribution in [0.2, 0.25) is 10.0 Å². The molecule has 0 spiro atoms. The van der Waals surface area contributed by atoms with Crippen LogP contribution in [0.1, 0.15) is 5.56 Å². The monoisotopic (exact) mass is 290 g/mol. The van der Waals surface area contributed by atoms with Crippen LogP contribution in [-0.2, 0) is 6.54 Å². The number of nitrogen functional groups attached to an aromatic ring is 1. The van der Waals surface area contributed by atoms with Gasteiger partial charge in [0, 0.05) is 39.4 Å². The first kappa shape index (κ1) is 12.4. The second-order valence-corrected chi connectivity index (χ2v) is 5.34. The Balaban J connectivity index is 2.01. The van der Waals surface area contributed by atoms with E-state index in [2.05, 4.69) is 10.6 Å². The Morgan fingerprint density at radius 1 is 1.00 bits per heavy atom. The molecule has 0 atom stereocenters. The summed E-state index contributed by atoms with van der Waals surface area (Å²) in [5.41, 5.74) is 8.74. The number of hydrogen-bond acceptors (Lipinski definition) is 1. The van der Waals surface area contributed by atoms with Gasteiger partial charge in [-0.2, -0.15) is 0 Å². The molecule has 3 aromatic rings. The highest BCUT2D eigenvalue weighted by atomic mass is 35.5. The van der Waals surface area contributed by atoms with Crippen molar-refractivity contribution in [2.24, 2.45) is 0 Å². The summed E-state index contributed by atoms with van der Waals surface area (Å²) in [6.07, 6.45) is 2.04. The van der Waals surface area contributed by atoms with Crippen LogP contribution in [-0.4, -0.2) is 4.57 Å². The number of nitrogens with zero attached hydrogens (tertiary/aromatic N) is 1. The molecule has 4 heteroatoms. The van der Waals surface area contributed by atoms with E-state index in [1.54, 1.807) is 6.07 Å². The number of halogens is 2. The maximum absolute atomic E-state index is 6.21. The lowest BCUT2D eigenvalue weighted by Crippen LogP contribution is -1.98. The summed E-state index contributed by atoms with van der Waals surface area (Å²) in [5.74, 6) is 0. The third kappa shape index (κ3) is 2.42. The van der Waals surface area contributed by atoms with Crippen molar-refractivity contribution in [3.63, 3.8) is 0 Å². The van der Waals surface area contributed by atoms with Gasteiger partial charge in [-0.25, -0.2) is 0 Å². The van der Waals surface area contributed by atoms with Crippen LogP contribution in [0.15, 0.2) is 48.7 Å². The van der Waals surface area contributed by atoms with Crippen LogP contribution in [0.25, 0.3) is 10.9 Å². The topological polar surface area (TPSA) is 30.9 Å². The second-order valence-electron chi connectivity index (χ2n) is 4.50. The molecule has 2 N–H and O–H groups in total. The molecule has 1 heterocycles. The van der Waals surface area contributed by atoms with Gasteiger partial charge in [-0.15, -0.1) is 0 Å². The lowest BCUT2D eigenvalue weighted by atomic mass is 10.2. The zero-order chi connectivity index (χ0) is 13.4. The first-order valence-corrected chi connectivity index (χ1v) is 6.67. The van der Waals surface area contributed by atoms with Gasteiger partial charge in [0.15, 0.2) is 0 Å². The maximum atomic E-state index is 6.21. The first-order chi connectivity index (χ1) is 9.13. The van der Waals surface area contributed by atoms with Gasteiger partial charge in [-0.3, -0.25) is 0 Å². The Morgan fingerprint density at radius 3 is 2.63 bits per heavy atom. The van der Waals surface area contributed by atoms with Crippen molar-refractivity contribution in [1.29, 1.82) is 0 Å². The van der Waals surface area contributed by atoms with E-state index in [-0.39, 0.29) is 0 Å². The van der Waals surface area contributed by atoms with Crippen LogP contribution >= 0.6 is 23.2 Å². The van der Waals surface area contributed by atoms with Crippen molar-refractivity contribution in [2.45, 2.75) is 6.54 Å². The van der Waals surface area contributed by atoms with Crippen molar-refractivity contribution in [2.75, 3.05) is 5.73 Å². The average Bonchev–Trinajstić information content (AvgIpc) is 2.75. The highest BCUT2D eigenvalue weighted by Crippen LogP contribution is 2.24. The molecule has 0 aliphatic rings. The summed E-state index contributed by atoms with van der Waals surface area (Å²) < 4.78 is 2.14. The predicted octanol–water partition coefficient (Wildman–Crippen LogP) is 4.58. The Hall–Kier alpha value is -1.64. The Kier molecular flexibility index (Phi) is 3.13. The zero-order valence-electron chi connectivity index (χ0n) is 10.1. The van der Waals surface area contributed by atoms with Crippen LogP contribution in [0.4, 0.5) is 5.69 Å². The van der Waals surface area contributed by atoms with Crippen molar-refractivity contribution in [3.05, 3.63) is 64.3 Å². The number of nitrogens with two attached hydrogens (primary N) is 1. The molecule has 1 aromatic heterocycles. The van der Waals surface area contributed by atoms with Crippen LogP contribution in [0, 0.1) is 0 Å². The van der Waals surface area contributed by atoms with E-state index in [9.17, 15) is 0 Å². The molecule has 0 fully saturated rings. The third-order valence-corrected chi connectivity index (χ3v) is 3.74. The second kappa shape index (κ2) is 4.80. The van der Waals surface area contributed by atoms with Gasteiger partial charge in [-0.05, 0) is 42.0 Å². The van der Waals surface area contributed by atoms with E-state index in [0.717, 1.165) is 22.2 Å². The Morgan fingerprint density at radius 2 is 1.84 bits per heavy atom. The van der Waals surface area contributed by atoms with Gasteiger partial charge >= 0.3 is 0 Å². The highest BCUT2D eigenvalue weighted by Gasteiger charge is 2.05. The minimum absolute atomic E-state index is 0.652. The molecule has 0 radical (unpaired) electrons. The van der Waals surface area contributed by atoms with E-state index >= 15 is 0 Å². The van der Waals surface area contributed by atoms with Gasteiger partial charge in [-0.1, -0.05) is 29.3 Å². The summed E-state index contributed by atoms with van der Waals surface area (Å²) in [6.45, 7) is 0.712. The first-order valence-electron chi connectivity index (χ1n) is 5.92. The van der Waals surface area contributed by atoms with E-state index in [4.69, 9.17) is 28.9 Å². The molecular weight excluding hydrogens is 279 g/mol. The molecule has 0 amide bonds. The van der Waals surface area contributed by atoms with Crippen molar-refractivity contribution >= 4 is 39.8 Å². The summed E-state index contributed by atoms with van der Waals surface area (Å²) >= 11 is 12.1. The van der Waals surface area contributed by atoms with E-state index in [1.165, 1.54) is 0 Å². The third-order valence-electron chi connectivity index (χ3n) is 3.15. The number of anilines is 1. The highest BCUT2D eigenvalue weighted by molar-refractivity contribution is 6.35. The SMILES string of the molecule is Nc1ccc2c(ccn2Cc2ccc(Cl)cc2Cl)c1. The largest absolute Gasteiger partial charge is 0.399 e. The molecule has 2 nitrogen and oxygen atoms in total. The van der Waals surface area contributed by atoms with Gasteiger partial charge in [0.1, 0.15) is 0 Å². The maximum Gasteiger partial charge on any atom is 0.0490 e. The van der Waals surface area contributed by atoms with Gasteiger partial charge in [0.05, 0.1) is 0 Å². The summed E-state index contributed by atoms with van der Waals surface area (Å²) in [6, 6.07) is 13.5. The quantitative estimate of drug-likeness (QED) is 0.688. The standard InChI is InChI=1S/C15H12Cl2N2/c16-12-2-1-11(14(17)8-12)9-19-6-5-10-7-13(18)3-4-15(10)19/h1-8H,9,18H2. The van der Waals surface area contributed by atoms with Crippen LogP contribution in [0.3, 0.4) is 0 Å². The molecule has 0 saturated carbocycles. The van der Waals surface area contributed by atoms with Crippen molar-refractivity contribution in [1.82, 2.24) is 4.57 Å². The molecule has 2 aromatic carbocycles. The minimum atomic E-state index is 0.652. The predicted molar refractivity (Wildman–Crippen MR) is 81.9 cm³/mol. The van der Waals surface area contributed by atoms with E-state index in [0.29, 0.717) is 16.6 Å². The zero-order valence-corrected chi connectivity index (χ0v) is 11.6. The van der Waals surface area contributed by atoms with E-state index < -0.39 is 0 Å². The molecule has 19 heavy (non-hydrogen) atoms. The lowest BCUT2D eigenvalue weighted by molar-refractivity contribution is 0.837. The fraction of sp³-hybridized carbons (Fsp3) is 0.0667. The molecule has 0 unspecified atom stereocenters. The molecular formula is C15H12Cl2N2. The normalized spacial score (nSPS) is 11.1.